The summed E-state index contributed by atoms with van der Waals surface area (Å²) in [6.45, 7) is 1.88. The number of amides is 1. The van der Waals surface area contributed by atoms with Gasteiger partial charge in [-0.2, -0.15) is 0 Å². The molecule has 0 spiro atoms. The monoisotopic (exact) mass is 364 g/mol. The first-order valence-electron chi connectivity index (χ1n) is 6.99. The molecule has 3 nitrogen and oxygen atoms in total. The van der Waals surface area contributed by atoms with Gasteiger partial charge in [0.2, 0.25) is 0 Å². The molecule has 1 aliphatic rings. The predicted octanol–water partition coefficient (Wildman–Crippen LogP) is 4.21. The molecular formula is C16H17BrN2OS. The number of hydrogen-bond donors (Lipinski definition) is 2. The number of carbonyl (C=O) groups is 1. The first-order valence-corrected chi connectivity index (χ1v) is 8.66. The summed E-state index contributed by atoms with van der Waals surface area (Å²) in [4.78, 5) is 14.0. The lowest BCUT2D eigenvalue weighted by molar-refractivity contribution is 0.0932. The lowest BCUT2D eigenvalue weighted by Gasteiger charge is -2.24. The first kappa shape index (κ1) is 14.6. The lowest BCUT2D eigenvalue weighted by atomic mass is 9.93. The minimum atomic E-state index is -0.0513. The molecule has 3 rings (SSSR count). The van der Waals surface area contributed by atoms with Crippen molar-refractivity contribution < 1.29 is 4.79 Å². The standard InChI is InChI=1S/C16H17BrN2OS/c1-9-12(7-10(17)8-13(9)18)16(20)19-14-3-2-4-15-11(14)5-6-21-15/h5-8,14H,2-4,18H2,1H3,(H,19,20). The molecule has 0 radical (unpaired) electrons. The van der Waals surface area contributed by atoms with Crippen LogP contribution in [0.15, 0.2) is 28.1 Å². The maximum absolute atomic E-state index is 12.6. The molecule has 21 heavy (non-hydrogen) atoms. The highest BCUT2D eigenvalue weighted by molar-refractivity contribution is 9.10. The predicted molar refractivity (Wildman–Crippen MR) is 90.8 cm³/mol. The van der Waals surface area contributed by atoms with Gasteiger partial charge in [0, 0.05) is 20.6 Å². The molecule has 0 bridgehead atoms. The number of anilines is 1. The molecule has 110 valence electrons. The molecule has 0 fully saturated rings. The van der Waals surface area contributed by atoms with Crippen LogP contribution in [0.4, 0.5) is 5.69 Å². The average molecular weight is 365 g/mol. The number of thiophene rings is 1. The summed E-state index contributed by atoms with van der Waals surface area (Å²) in [5.41, 5.74) is 9.33. The van der Waals surface area contributed by atoms with Gasteiger partial charge in [-0.1, -0.05) is 15.9 Å². The molecule has 1 aliphatic carbocycles. The van der Waals surface area contributed by atoms with E-state index < -0.39 is 0 Å². The van der Waals surface area contributed by atoms with Crippen LogP contribution in [0, 0.1) is 6.92 Å². The Labute approximate surface area is 136 Å². The second-order valence-electron chi connectivity index (χ2n) is 5.38. The maximum Gasteiger partial charge on any atom is 0.252 e. The molecule has 0 saturated heterocycles. The van der Waals surface area contributed by atoms with Gasteiger partial charge in [0.15, 0.2) is 0 Å². The number of nitrogen functional groups attached to an aromatic ring is 1. The van der Waals surface area contributed by atoms with Crippen LogP contribution >= 0.6 is 27.3 Å². The zero-order valence-corrected chi connectivity index (χ0v) is 14.2. The summed E-state index contributed by atoms with van der Waals surface area (Å²) >= 11 is 5.18. The number of rotatable bonds is 2. The van der Waals surface area contributed by atoms with Gasteiger partial charge < -0.3 is 11.1 Å². The topological polar surface area (TPSA) is 55.1 Å². The van der Waals surface area contributed by atoms with E-state index in [-0.39, 0.29) is 11.9 Å². The van der Waals surface area contributed by atoms with Crippen LogP contribution in [0.2, 0.25) is 0 Å². The SMILES string of the molecule is Cc1c(N)cc(Br)cc1C(=O)NC1CCCc2sccc21. The van der Waals surface area contributed by atoms with E-state index in [4.69, 9.17) is 5.73 Å². The Balaban J connectivity index is 1.86. The minimum absolute atomic E-state index is 0.0513. The van der Waals surface area contributed by atoms with E-state index in [1.54, 1.807) is 11.3 Å². The van der Waals surface area contributed by atoms with Gasteiger partial charge in [0.05, 0.1) is 6.04 Å². The summed E-state index contributed by atoms with van der Waals surface area (Å²) in [6.07, 6.45) is 3.25. The summed E-state index contributed by atoms with van der Waals surface area (Å²) < 4.78 is 0.829. The van der Waals surface area contributed by atoms with Gasteiger partial charge in [-0.25, -0.2) is 0 Å². The van der Waals surface area contributed by atoms with Crippen LogP contribution in [0.1, 0.15) is 45.2 Å². The molecule has 1 aromatic carbocycles. The smallest absolute Gasteiger partial charge is 0.252 e. The van der Waals surface area contributed by atoms with Crippen LogP contribution in [-0.2, 0) is 6.42 Å². The van der Waals surface area contributed by atoms with Gasteiger partial charge in [-0.3, -0.25) is 4.79 Å². The van der Waals surface area contributed by atoms with E-state index in [2.05, 4.69) is 32.7 Å². The van der Waals surface area contributed by atoms with Crippen molar-refractivity contribution in [3.63, 3.8) is 0 Å². The third-order valence-corrected chi connectivity index (χ3v) is 5.47. The Kier molecular flexibility index (Phi) is 4.04. The molecule has 1 aromatic heterocycles. The van der Waals surface area contributed by atoms with E-state index in [1.165, 1.54) is 10.4 Å². The molecule has 5 heteroatoms. The normalized spacial score (nSPS) is 17.3. The van der Waals surface area contributed by atoms with Crippen molar-refractivity contribution in [3.05, 3.63) is 49.6 Å². The van der Waals surface area contributed by atoms with Crippen molar-refractivity contribution in [1.82, 2.24) is 5.32 Å². The molecule has 1 amide bonds. The van der Waals surface area contributed by atoms with Crippen molar-refractivity contribution in [1.29, 1.82) is 0 Å². The maximum atomic E-state index is 12.6. The van der Waals surface area contributed by atoms with Crippen LogP contribution < -0.4 is 11.1 Å². The van der Waals surface area contributed by atoms with Gasteiger partial charge in [0.1, 0.15) is 0 Å². The molecule has 1 atom stereocenters. The van der Waals surface area contributed by atoms with Crippen molar-refractivity contribution in [3.8, 4) is 0 Å². The van der Waals surface area contributed by atoms with Crippen molar-refractivity contribution in [2.24, 2.45) is 0 Å². The Bertz CT molecular complexity index is 696. The van der Waals surface area contributed by atoms with E-state index in [0.29, 0.717) is 11.3 Å². The quantitative estimate of drug-likeness (QED) is 0.784. The third kappa shape index (κ3) is 2.85. The first-order chi connectivity index (χ1) is 10.1. The Morgan fingerprint density at radius 1 is 1.48 bits per heavy atom. The third-order valence-electron chi connectivity index (χ3n) is 4.01. The zero-order chi connectivity index (χ0) is 15.0. The van der Waals surface area contributed by atoms with E-state index >= 15 is 0 Å². The van der Waals surface area contributed by atoms with Crippen molar-refractivity contribution >= 4 is 38.9 Å². The number of nitrogens with one attached hydrogen (secondary N) is 1. The van der Waals surface area contributed by atoms with Crippen molar-refractivity contribution in [2.75, 3.05) is 5.73 Å². The summed E-state index contributed by atoms with van der Waals surface area (Å²) in [5, 5.41) is 5.27. The number of aryl methyl sites for hydroxylation is 1. The van der Waals surface area contributed by atoms with Gasteiger partial charge in [-0.05, 0) is 60.9 Å². The highest BCUT2D eigenvalue weighted by Crippen LogP contribution is 2.33. The largest absolute Gasteiger partial charge is 0.398 e. The summed E-state index contributed by atoms with van der Waals surface area (Å²) in [6, 6.07) is 5.90. The highest BCUT2D eigenvalue weighted by atomic mass is 79.9. The van der Waals surface area contributed by atoms with Gasteiger partial charge >= 0.3 is 0 Å². The fourth-order valence-electron chi connectivity index (χ4n) is 2.81. The molecule has 0 saturated carbocycles. The summed E-state index contributed by atoms with van der Waals surface area (Å²) in [7, 11) is 0. The van der Waals surface area contributed by atoms with E-state index in [1.807, 2.05) is 19.1 Å². The van der Waals surface area contributed by atoms with Crippen LogP contribution in [-0.4, -0.2) is 5.91 Å². The van der Waals surface area contributed by atoms with Crippen LogP contribution in [0.25, 0.3) is 0 Å². The number of halogens is 1. The van der Waals surface area contributed by atoms with Crippen molar-refractivity contribution in [2.45, 2.75) is 32.2 Å². The number of carbonyl (C=O) groups excluding carboxylic acids is 1. The average Bonchev–Trinajstić information content (AvgIpc) is 2.92. The lowest BCUT2D eigenvalue weighted by Crippen LogP contribution is -2.31. The second-order valence-corrected chi connectivity index (χ2v) is 7.30. The molecule has 1 heterocycles. The molecule has 3 N–H and O–H groups in total. The number of fused-ring (bicyclic) bond motifs is 1. The Morgan fingerprint density at radius 3 is 3.10 bits per heavy atom. The second kappa shape index (κ2) is 5.81. The minimum Gasteiger partial charge on any atom is -0.398 e. The molecule has 2 aromatic rings. The highest BCUT2D eigenvalue weighted by Gasteiger charge is 2.24. The number of nitrogens with two attached hydrogens (primary N) is 1. The van der Waals surface area contributed by atoms with E-state index in [0.717, 1.165) is 29.3 Å². The number of hydrogen-bond acceptors (Lipinski definition) is 3. The molecule has 0 aliphatic heterocycles. The van der Waals surface area contributed by atoms with Crippen LogP contribution in [0.5, 0.6) is 0 Å². The van der Waals surface area contributed by atoms with Gasteiger partial charge in [-0.15, -0.1) is 11.3 Å². The fourth-order valence-corrected chi connectivity index (χ4v) is 4.27. The fraction of sp³-hybridized carbons (Fsp3) is 0.312. The Morgan fingerprint density at radius 2 is 2.29 bits per heavy atom. The van der Waals surface area contributed by atoms with Crippen LogP contribution in [0.3, 0.4) is 0 Å². The molecule has 1 unspecified atom stereocenters. The zero-order valence-electron chi connectivity index (χ0n) is 11.8. The Hall–Kier alpha value is -1.33. The van der Waals surface area contributed by atoms with E-state index in [9.17, 15) is 4.79 Å². The number of benzene rings is 1. The summed E-state index contributed by atoms with van der Waals surface area (Å²) in [5.74, 6) is -0.0513. The molecular weight excluding hydrogens is 348 g/mol. The van der Waals surface area contributed by atoms with Gasteiger partial charge in [0.25, 0.3) is 5.91 Å².